The zero-order chi connectivity index (χ0) is 29.3. The molecule has 8 nitrogen and oxygen atoms in total. The first-order chi connectivity index (χ1) is 18.8. The average molecular weight is 559 g/mol. The van der Waals surface area contributed by atoms with E-state index in [0.717, 1.165) is 32.1 Å². The van der Waals surface area contributed by atoms with Crippen LogP contribution in [0.25, 0.3) is 0 Å². The Kier molecular flexibility index (Phi) is 8.92. The lowest BCUT2D eigenvalue weighted by Crippen LogP contribution is -2.60. The Morgan fingerprint density at radius 3 is 2.40 bits per heavy atom. The van der Waals surface area contributed by atoms with Gasteiger partial charge in [-0.2, -0.15) is 0 Å². The molecule has 5 atom stereocenters. The summed E-state index contributed by atoms with van der Waals surface area (Å²) in [7, 11) is 0. The number of hydrogen-bond acceptors (Lipinski definition) is 6. The second-order valence-electron chi connectivity index (χ2n) is 13.9. The topological polar surface area (TPSA) is 96.4 Å². The van der Waals surface area contributed by atoms with E-state index in [-0.39, 0.29) is 23.8 Å². The predicted molar refractivity (Wildman–Crippen MR) is 153 cm³/mol. The maximum absolute atomic E-state index is 14.7. The number of carbonyl (C=O) groups is 3. The van der Waals surface area contributed by atoms with Gasteiger partial charge in [0.2, 0.25) is 11.8 Å². The van der Waals surface area contributed by atoms with Crippen LogP contribution in [0.2, 0.25) is 0 Å². The largest absolute Gasteiger partial charge is 0.465 e. The molecule has 2 fully saturated rings. The number of ether oxygens (including phenoxy) is 2. The minimum Gasteiger partial charge on any atom is -0.465 e. The standard InChI is InChI=1S/C32H50N2O6/c1-7-31-16-11-8-9-14-21-39-28(38)24(31)23-26(36)33(18-12-10-13-20-35)25-27(37)34(19-15-17-32(23,25)40-31)30(5,6)22-29(2,3)4/h11,15-17,23-25,35H,7-10,12-14,18-22H2,1-6H3/b16-11-/t23-,24+,25?,31-,32-/m0/s1. The molecule has 4 aliphatic rings. The highest BCUT2D eigenvalue weighted by Gasteiger charge is 2.75. The fourth-order valence-corrected chi connectivity index (χ4v) is 7.79. The van der Waals surface area contributed by atoms with E-state index in [0.29, 0.717) is 39.0 Å². The van der Waals surface area contributed by atoms with Crippen molar-refractivity contribution in [3.05, 3.63) is 24.3 Å². The fourth-order valence-electron chi connectivity index (χ4n) is 7.79. The molecule has 2 saturated heterocycles. The number of allylic oxidation sites excluding steroid dienone is 1. The third kappa shape index (κ3) is 5.50. The third-order valence-electron chi connectivity index (χ3n) is 9.13. The van der Waals surface area contributed by atoms with Crippen molar-refractivity contribution in [2.45, 2.75) is 116 Å². The highest BCUT2D eigenvalue weighted by molar-refractivity contribution is 5.99. The molecule has 4 aliphatic heterocycles. The molecule has 8 heteroatoms. The number of cyclic esters (lactones) is 1. The first-order valence-electron chi connectivity index (χ1n) is 15.3. The minimum atomic E-state index is -1.27. The van der Waals surface area contributed by atoms with Crippen LogP contribution in [0.3, 0.4) is 0 Å². The van der Waals surface area contributed by atoms with Gasteiger partial charge in [0.1, 0.15) is 23.2 Å². The molecule has 224 valence electrons. The number of rotatable bonds is 8. The number of aliphatic hydroxyl groups excluding tert-OH is 1. The molecule has 0 radical (unpaired) electrons. The molecule has 0 aromatic rings. The van der Waals surface area contributed by atoms with Crippen molar-refractivity contribution in [2.75, 3.05) is 26.3 Å². The number of fused-ring (bicyclic) bond motifs is 2. The van der Waals surface area contributed by atoms with Crippen LogP contribution in [-0.2, 0) is 23.9 Å². The molecule has 4 heterocycles. The van der Waals surface area contributed by atoms with Gasteiger partial charge in [-0.05, 0) is 70.6 Å². The van der Waals surface area contributed by atoms with E-state index in [9.17, 15) is 19.5 Å². The van der Waals surface area contributed by atoms with Crippen LogP contribution < -0.4 is 0 Å². The van der Waals surface area contributed by atoms with Crippen LogP contribution in [0.1, 0.15) is 92.9 Å². The van der Waals surface area contributed by atoms with Gasteiger partial charge in [0.25, 0.3) is 0 Å². The monoisotopic (exact) mass is 558 g/mol. The molecule has 4 rings (SSSR count). The second-order valence-corrected chi connectivity index (χ2v) is 13.9. The van der Waals surface area contributed by atoms with Crippen LogP contribution in [0.5, 0.6) is 0 Å². The number of carbonyl (C=O) groups excluding carboxylic acids is 3. The number of amides is 2. The summed E-state index contributed by atoms with van der Waals surface area (Å²) in [6, 6.07) is -0.876. The van der Waals surface area contributed by atoms with Gasteiger partial charge in [-0.3, -0.25) is 14.4 Å². The van der Waals surface area contributed by atoms with Crippen LogP contribution in [0.4, 0.5) is 0 Å². The molecule has 40 heavy (non-hydrogen) atoms. The number of hydrogen-bond donors (Lipinski definition) is 1. The maximum atomic E-state index is 14.7. The third-order valence-corrected chi connectivity index (χ3v) is 9.13. The number of unbranched alkanes of at least 4 members (excludes halogenated alkanes) is 2. The zero-order valence-electron chi connectivity index (χ0n) is 25.4. The molecule has 0 aromatic heterocycles. The Balaban J connectivity index is 1.83. The van der Waals surface area contributed by atoms with Gasteiger partial charge in [0.05, 0.1) is 12.5 Å². The van der Waals surface area contributed by atoms with E-state index in [1.165, 1.54) is 0 Å². The predicted octanol–water partition coefficient (Wildman–Crippen LogP) is 4.41. The van der Waals surface area contributed by atoms with Gasteiger partial charge in [-0.25, -0.2) is 0 Å². The van der Waals surface area contributed by atoms with Crippen molar-refractivity contribution in [3.8, 4) is 0 Å². The Labute approximate surface area is 240 Å². The normalized spacial score (nSPS) is 33.8. The SMILES string of the molecule is CC[C@]12/C=C\CCCCOC(=O)[C@H]1[C@H]1C(=O)N(CCCCCO)C3C(=O)N(C(C)(C)CC(C)(C)C)CC=C[C@@]31O2. The molecule has 0 saturated carbocycles. The Hall–Kier alpha value is -2.19. The molecule has 2 amide bonds. The number of nitrogens with zero attached hydrogens (tertiary/aromatic N) is 2. The number of esters is 1. The lowest BCUT2D eigenvalue weighted by Gasteiger charge is -2.45. The average Bonchev–Trinajstić information content (AvgIpc) is 3.21. The molecular formula is C32H50N2O6. The van der Waals surface area contributed by atoms with E-state index in [1.54, 1.807) is 4.90 Å². The maximum Gasteiger partial charge on any atom is 0.313 e. The molecular weight excluding hydrogens is 508 g/mol. The molecule has 1 N–H and O–H groups in total. The molecule has 1 unspecified atom stereocenters. The van der Waals surface area contributed by atoms with Crippen LogP contribution in [0, 0.1) is 17.3 Å². The quantitative estimate of drug-likeness (QED) is 0.269. The molecule has 0 aliphatic carbocycles. The van der Waals surface area contributed by atoms with Crippen LogP contribution in [0.15, 0.2) is 24.3 Å². The summed E-state index contributed by atoms with van der Waals surface area (Å²) in [5.74, 6) is -2.46. The summed E-state index contributed by atoms with van der Waals surface area (Å²) in [5.41, 5.74) is -2.78. The van der Waals surface area contributed by atoms with E-state index >= 15 is 0 Å². The summed E-state index contributed by atoms with van der Waals surface area (Å²) in [6.45, 7) is 13.8. The second kappa shape index (κ2) is 11.6. The van der Waals surface area contributed by atoms with Gasteiger partial charge >= 0.3 is 5.97 Å². The summed E-state index contributed by atoms with van der Waals surface area (Å²) in [4.78, 5) is 46.4. The van der Waals surface area contributed by atoms with Gasteiger partial charge in [0, 0.05) is 25.2 Å². The van der Waals surface area contributed by atoms with Crippen molar-refractivity contribution in [1.82, 2.24) is 9.80 Å². The summed E-state index contributed by atoms with van der Waals surface area (Å²) in [6.07, 6.45) is 13.7. The number of aliphatic hydroxyl groups is 1. The Bertz CT molecular complexity index is 1030. The lowest BCUT2D eigenvalue weighted by molar-refractivity contribution is -0.162. The van der Waals surface area contributed by atoms with E-state index < -0.39 is 40.6 Å². The van der Waals surface area contributed by atoms with E-state index in [1.807, 2.05) is 30.1 Å². The minimum absolute atomic E-state index is 0.0113. The van der Waals surface area contributed by atoms with Crippen molar-refractivity contribution >= 4 is 17.8 Å². The molecule has 1 spiro atoms. The summed E-state index contributed by atoms with van der Waals surface area (Å²) < 4.78 is 12.8. The Morgan fingerprint density at radius 2 is 1.73 bits per heavy atom. The van der Waals surface area contributed by atoms with Crippen LogP contribution >= 0.6 is 0 Å². The first kappa shape index (κ1) is 30.8. The number of likely N-dealkylation sites (tertiary alicyclic amines) is 1. The van der Waals surface area contributed by atoms with Crippen molar-refractivity contribution in [2.24, 2.45) is 17.3 Å². The van der Waals surface area contributed by atoms with E-state index in [4.69, 9.17) is 9.47 Å². The summed E-state index contributed by atoms with van der Waals surface area (Å²) in [5, 5.41) is 9.30. The zero-order valence-corrected chi connectivity index (χ0v) is 25.4. The molecule has 0 aromatic carbocycles. The summed E-state index contributed by atoms with van der Waals surface area (Å²) >= 11 is 0. The van der Waals surface area contributed by atoms with Gasteiger partial charge in [0.15, 0.2) is 0 Å². The van der Waals surface area contributed by atoms with Crippen molar-refractivity contribution < 1.29 is 29.0 Å². The Morgan fingerprint density at radius 1 is 0.975 bits per heavy atom. The van der Waals surface area contributed by atoms with Crippen molar-refractivity contribution in [3.63, 3.8) is 0 Å². The highest BCUT2D eigenvalue weighted by atomic mass is 16.6. The lowest BCUT2D eigenvalue weighted by atomic mass is 9.73. The van der Waals surface area contributed by atoms with E-state index in [2.05, 4.69) is 40.7 Å². The van der Waals surface area contributed by atoms with Gasteiger partial charge in [-0.15, -0.1) is 0 Å². The van der Waals surface area contributed by atoms with Crippen LogP contribution in [-0.4, -0.2) is 81.8 Å². The van der Waals surface area contributed by atoms with Gasteiger partial charge < -0.3 is 24.4 Å². The smallest absolute Gasteiger partial charge is 0.313 e. The first-order valence-corrected chi connectivity index (χ1v) is 15.3. The van der Waals surface area contributed by atoms with Gasteiger partial charge in [-0.1, -0.05) is 52.0 Å². The highest BCUT2D eigenvalue weighted by Crippen LogP contribution is 2.58. The van der Waals surface area contributed by atoms with Crippen molar-refractivity contribution in [1.29, 1.82) is 0 Å². The fraction of sp³-hybridized carbons (Fsp3) is 0.781. The molecule has 0 bridgehead atoms.